The molecule has 0 atom stereocenters. The predicted octanol–water partition coefficient (Wildman–Crippen LogP) is 4.49. The number of fused-ring (bicyclic) bond motifs is 2. The van der Waals surface area contributed by atoms with E-state index in [4.69, 9.17) is 4.98 Å². The molecule has 0 N–H and O–H groups in total. The molecule has 7 heteroatoms. The Kier molecular flexibility index (Phi) is 4.19. The number of hydrogen-bond donors (Lipinski definition) is 0. The molecular formula is C20H19N3O3S. The van der Waals surface area contributed by atoms with Gasteiger partial charge in [-0.05, 0) is 49.5 Å². The van der Waals surface area contributed by atoms with Crippen LogP contribution in [0.4, 0.5) is 5.69 Å². The first-order valence-corrected chi connectivity index (χ1v) is 9.71. The lowest BCUT2D eigenvalue weighted by atomic mass is 10.0. The van der Waals surface area contributed by atoms with Gasteiger partial charge in [0.2, 0.25) is 0 Å². The Morgan fingerprint density at radius 1 is 1.37 bits per heavy atom. The quantitative estimate of drug-likeness (QED) is 0.495. The first-order chi connectivity index (χ1) is 12.9. The molecule has 138 valence electrons. The van der Waals surface area contributed by atoms with Crippen LogP contribution in [0.5, 0.6) is 0 Å². The molecule has 0 saturated heterocycles. The Morgan fingerprint density at radius 2 is 2.15 bits per heavy atom. The van der Waals surface area contributed by atoms with Gasteiger partial charge in [-0.3, -0.25) is 19.5 Å². The Balaban J connectivity index is 1.85. The third kappa shape index (κ3) is 2.78. The highest BCUT2D eigenvalue weighted by Crippen LogP contribution is 2.32. The van der Waals surface area contributed by atoms with Crippen LogP contribution in [0.25, 0.3) is 21.9 Å². The maximum atomic E-state index is 12.9. The van der Waals surface area contributed by atoms with E-state index in [0.717, 1.165) is 32.0 Å². The van der Waals surface area contributed by atoms with Crippen molar-refractivity contribution in [1.82, 2.24) is 9.55 Å². The molecule has 27 heavy (non-hydrogen) atoms. The number of nitrogens with zero attached hydrogens (tertiary/aromatic N) is 3. The molecule has 3 aromatic rings. The fourth-order valence-electron chi connectivity index (χ4n) is 3.60. The van der Waals surface area contributed by atoms with Crippen LogP contribution >= 0.6 is 11.3 Å². The molecule has 1 aliphatic heterocycles. The molecule has 3 heterocycles. The number of allylic oxidation sites excluding steroid dienone is 1. The third-order valence-corrected chi connectivity index (χ3v) is 6.31. The minimum Gasteiger partial charge on any atom is -0.292 e. The van der Waals surface area contributed by atoms with Gasteiger partial charge < -0.3 is 0 Å². The molecule has 0 radical (unpaired) electrons. The van der Waals surface area contributed by atoms with E-state index in [1.54, 1.807) is 16.7 Å². The Morgan fingerprint density at radius 3 is 2.85 bits per heavy atom. The smallest absolute Gasteiger partial charge is 0.273 e. The minimum absolute atomic E-state index is 0.00700. The fourth-order valence-corrected chi connectivity index (χ4v) is 4.62. The van der Waals surface area contributed by atoms with Gasteiger partial charge in [0.1, 0.15) is 10.7 Å². The van der Waals surface area contributed by atoms with Crippen molar-refractivity contribution < 1.29 is 4.92 Å². The van der Waals surface area contributed by atoms with Gasteiger partial charge in [0.05, 0.1) is 10.3 Å². The summed E-state index contributed by atoms with van der Waals surface area (Å²) >= 11 is 1.54. The van der Waals surface area contributed by atoms with E-state index in [1.807, 2.05) is 32.9 Å². The summed E-state index contributed by atoms with van der Waals surface area (Å²) < 4.78 is 1.72. The van der Waals surface area contributed by atoms with Crippen molar-refractivity contribution in [2.45, 2.75) is 40.2 Å². The Hall–Kier alpha value is -2.80. The summed E-state index contributed by atoms with van der Waals surface area (Å²) in [5, 5.41) is 12.0. The number of benzene rings is 1. The molecule has 0 spiro atoms. The van der Waals surface area contributed by atoms with Crippen LogP contribution < -0.4 is 5.56 Å². The van der Waals surface area contributed by atoms with Crippen LogP contribution in [0.3, 0.4) is 0 Å². The van der Waals surface area contributed by atoms with Gasteiger partial charge in [0.15, 0.2) is 0 Å². The molecule has 0 aliphatic carbocycles. The van der Waals surface area contributed by atoms with Crippen LogP contribution in [-0.2, 0) is 13.0 Å². The lowest BCUT2D eigenvalue weighted by molar-refractivity contribution is -0.385. The monoisotopic (exact) mass is 381 g/mol. The van der Waals surface area contributed by atoms with E-state index in [0.29, 0.717) is 30.6 Å². The van der Waals surface area contributed by atoms with Gasteiger partial charge in [-0.15, -0.1) is 11.3 Å². The maximum Gasteiger partial charge on any atom is 0.273 e. The van der Waals surface area contributed by atoms with Crippen LogP contribution in [0.1, 0.15) is 40.7 Å². The van der Waals surface area contributed by atoms with Gasteiger partial charge in [0.25, 0.3) is 11.2 Å². The van der Waals surface area contributed by atoms with E-state index >= 15 is 0 Å². The van der Waals surface area contributed by atoms with Crippen molar-refractivity contribution in [2.24, 2.45) is 0 Å². The summed E-state index contributed by atoms with van der Waals surface area (Å²) in [6.07, 6.45) is 3.22. The maximum absolute atomic E-state index is 12.9. The molecule has 0 unspecified atom stereocenters. The Labute approximate surface area is 159 Å². The van der Waals surface area contributed by atoms with E-state index < -0.39 is 0 Å². The molecule has 1 aliphatic rings. The lowest BCUT2D eigenvalue weighted by Gasteiger charge is -2.04. The zero-order valence-corrected chi connectivity index (χ0v) is 16.2. The number of nitro groups is 1. The van der Waals surface area contributed by atoms with Gasteiger partial charge >= 0.3 is 0 Å². The largest absolute Gasteiger partial charge is 0.292 e. The number of rotatable bonds is 3. The molecule has 4 rings (SSSR count). The van der Waals surface area contributed by atoms with Crippen LogP contribution in [-0.4, -0.2) is 14.5 Å². The van der Waals surface area contributed by atoms with E-state index in [2.05, 4.69) is 0 Å². The van der Waals surface area contributed by atoms with E-state index in [-0.39, 0.29) is 16.2 Å². The lowest BCUT2D eigenvalue weighted by Crippen LogP contribution is -2.20. The zero-order valence-electron chi connectivity index (χ0n) is 15.4. The fraction of sp³-hybridized carbons (Fsp3) is 0.300. The first-order valence-electron chi connectivity index (χ1n) is 8.89. The minimum atomic E-state index is -0.340. The number of aryl methyl sites for hydroxylation is 3. The molecule has 0 saturated carbocycles. The standard InChI is InChI=1S/C20H19N3O3S/c1-4-14-6-5-13(10-16(14)23(25)26)9-15-7-8-22-18(15)21-19-17(20(22)24)11(2)12(3)27-19/h5-6,9-10H,4,7-8H2,1-3H3/b15-9+. The number of thiophene rings is 1. The number of hydrogen-bond acceptors (Lipinski definition) is 5. The average molecular weight is 381 g/mol. The van der Waals surface area contributed by atoms with Crippen LogP contribution in [0, 0.1) is 24.0 Å². The van der Waals surface area contributed by atoms with Crippen molar-refractivity contribution in [3.63, 3.8) is 0 Å². The van der Waals surface area contributed by atoms with Crippen LogP contribution in [0.2, 0.25) is 0 Å². The zero-order chi connectivity index (χ0) is 19.3. The van der Waals surface area contributed by atoms with Crippen molar-refractivity contribution in [2.75, 3.05) is 0 Å². The van der Waals surface area contributed by atoms with Crippen molar-refractivity contribution in [3.05, 3.63) is 66.1 Å². The van der Waals surface area contributed by atoms with Gasteiger partial charge in [-0.1, -0.05) is 19.1 Å². The van der Waals surface area contributed by atoms with Crippen LogP contribution in [0.15, 0.2) is 23.0 Å². The summed E-state index contributed by atoms with van der Waals surface area (Å²) in [6.45, 7) is 6.46. The molecule has 1 aromatic carbocycles. The van der Waals surface area contributed by atoms with Crippen molar-refractivity contribution in [1.29, 1.82) is 0 Å². The summed E-state index contributed by atoms with van der Waals surface area (Å²) in [7, 11) is 0. The highest BCUT2D eigenvalue weighted by atomic mass is 32.1. The predicted molar refractivity (Wildman–Crippen MR) is 108 cm³/mol. The first kappa shape index (κ1) is 17.6. The molecule has 0 amide bonds. The average Bonchev–Trinajstić information content (AvgIpc) is 3.16. The number of aromatic nitrogens is 2. The Bertz CT molecular complexity index is 1190. The third-order valence-electron chi connectivity index (χ3n) is 5.21. The number of nitro benzene ring substituents is 1. The summed E-state index contributed by atoms with van der Waals surface area (Å²) in [5.74, 6) is 0.677. The molecule has 2 aromatic heterocycles. The molecule has 0 bridgehead atoms. The normalized spacial score (nSPS) is 14.9. The van der Waals surface area contributed by atoms with E-state index in [1.165, 1.54) is 11.3 Å². The van der Waals surface area contributed by atoms with Gasteiger partial charge in [-0.2, -0.15) is 0 Å². The van der Waals surface area contributed by atoms with Crippen molar-refractivity contribution >= 4 is 38.9 Å². The SMILES string of the molecule is CCc1ccc(/C=C2\CCn3c2nc2sc(C)c(C)c2c3=O)cc1[N+](=O)[O-]. The molecular weight excluding hydrogens is 362 g/mol. The second-order valence-electron chi connectivity index (χ2n) is 6.77. The van der Waals surface area contributed by atoms with Crippen molar-refractivity contribution in [3.8, 4) is 0 Å². The van der Waals surface area contributed by atoms with E-state index in [9.17, 15) is 14.9 Å². The second kappa shape index (κ2) is 6.42. The summed E-state index contributed by atoms with van der Waals surface area (Å²) in [4.78, 5) is 30.5. The summed E-state index contributed by atoms with van der Waals surface area (Å²) in [5.41, 5.74) is 3.56. The summed E-state index contributed by atoms with van der Waals surface area (Å²) in [6, 6.07) is 5.29. The van der Waals surface area contributed by atoms with Gasteiger partial charge in [-0.25, -0.2) is 4.98 Å². The highest BCUT2D eigenvalue weighted by Gasteiger charge is 2.23. The molecule has 0 fully saturated rings. The van der Waals surface area contributed by atoms with Gasteiger partial charge in [0, 0.05) is 23.1 Å². The molecule has 6 nitrogen and oxygen atoms in total. The highest BCUT2D eigenvalue weighted by molar-refractivity contribution is 7.18. The second-order valence-corrected chi connectivity index (χ2v) is 7.98. The topological polar surface area (TPSA) is 78.0 Å².